The molecule has 3 N–H and O–H groups in total. The minimum absolute atomic E-state index is 0.306. The molecule has 0 radical (unpaired) electrons. The molecule has 2 aliphatic rings. The van der Waals surface area contributed by atoms with Gasteiger partial charge in [-0.1, -0.05) is 25.1 Å². The Labute approximate surface area is 195 Å². The SMILES string of the molecule is CCN1CCN([C@H]2CC[C@@H](c3ccc(Nc4nc(N)n(-c5ccccn5)n4)cc3)CC2)CC1. The van der Waals surface area contributed by atoms with Crippen LogP contribution in [0.5, 0.6) is 0 Å². The number of aromatic nitrogens is 4. The first-order valence-electron chi connectivity index (χ1n) is 12.2. The average molecular weight is 447 g/mol. The number of nitrogens with one attached hydrogen (secondary N) is 1. The molecular weight excluding hydrogens is 412 g/mol. The van der Waals surface area contributed by atoms with Crippen LogP contribution in [-0.4, -0.2) is 68.3 Å². The Bertz CT molecular complexity index is 1020. The fraction of sp³-hybridized carbons (Fsp3) is 0.480. The molecule has 1 aromatic carbocycles. The summed E-state index contributed by atoms with van der Waals surface area (Å²) in [5.74, 6) is 2.08. The van der Waals surface area contributed by atoms with Crippen LogP contribution < -0.4 is 11.1 Å². The monoisotopic (exact) mass is 446 g/mol. The van der Waals surface area contributed by atoms with Gasteiger partial charge >= 0.3 is 0 Å². The van der Waals surface area contributed by atoms with Crippen molar-refractivity contribution >= 4 is 17.6 Å². The van der Waals surface area contributed by atoms with Crippen LogP contribution in [0.1, 0.15) is 44.1 Å². The summed E-state index contributed by atoms with van der Waals surface area (Å²) in [4.78, 5) is 13.9. The van der Waals surface area contributed by atoms with E-state index in [1.807, 2.05) is 18.2 Å². The molecule has 174 valence electrons. The predicted molar refractivity (Wildman–Crippen MR) is 132 cm³/mol. The molecule has 2 fully saturated rings. The lowest BCUT2D eigenvalue weighted by Gasteiger charge is -2.41. The van der Waals surface area contributed by atoms with Crippen LogP contribution in [0, 0.1) is 0 Å². The first kappa shape index (κ1) is 21.9. The molecule has 1 aliphatic carbocycles. The van der Waals surface area contributed by atoms with Crippen LogP contribution >= 0.6 is 0 Å². The minimum atomic E-state index is 0.306. The fourth-order valence-electron chi connectivity index (χ4n) is 5.21. The van der Waals surface area contributed by atoms with Gasteiger partial charge in [0.1, 0.15) is 0 Å². The quantitative estimate of drug-likeness (QED) is 0.597. The van der Waals surface area contributed by atoms with E-state index in [1.54, 1.807) is 6.20 Å². The van der Waals surface area contributed by atoms with Crippen LogP contribution in [0.2, 0.25) is 0 Å². The molecule has 0 amide bonds. The molecule has 8 heteroatoms. The van der Waals surface area contributed by atoms with Gasteiger partial charge in [0.15, 0.2) is 5.82 Å². The maximum absolute atomic E-state index is 6.03. The third-order valence-corrected chi connectivity index (χ3v) is 7.20. The first-order valence-corrected chi connectivity index (χ1v) is 12.2. The van der Waals surface area contributed by atoms with E-state index in [9.17, 15) is 0 Å². The molecule has 0 bridgehead atoms. The number of hydrogen-bond acceptors (Lipinski definition) is 7. The second-order valence-corrected chi connectivity index (χ2v) is 9.12. The van der Waals surface area contributed by atoms with Crippen molar-refractivity contribution in [2.24, 2.45) is 0 Å². The summed E-state index contributed by atoms with van der Waals surface area (Å²) in [6, 6.07) is 15.1. The molecule has 8 nitrogen and oxygen atoms in total. The molecule has 3 heterocycles. The van der Waals surface area contributed by atoms with E-state index in [4.69, 9.17) is 5.73 Å². The topological polar surface area (TPSA) is 88.1 Å². The van der Waals surface area contributed by atoms with Gasteiger partial charge in [-0.05, 0) is 68.0 Å². The number of hydrogen-bond donors (Lipinski definition) is 2. The molecule has 1 aliphatic heterocycles. The zero-order valence-corrected chi connectivity index (χ0v) is 19.4. The lowest BCUT2D eigenvalue weighted by molar-refractivity contribution is 0.0787. The molecule has 3 aromatic rings. The lowest BCUT2D eigenvalue weighted by Crippen LogP contribution is -2.50. The van der Waals surface area contributed by atoms with Crippen LogP contribution in [-0.2, 0) is 0 Å². The van der Waals surface area contributed by atoms with Gasteiger partial charge in [-0.15, -0.1) is 5.10 Å². The molecule has 5 rings (SSSR count). The summed E-state index contributed by atoms with van der Waals surface area (Å²) in [6.07, 6.45) is 6.88. The Hall–Kier alpha value is -2.97. The third-order valence-electron chi connectivity index (χ3n) is 7.20. The van der Waals surface area contributed by atoms with Crippen molar-refractivity contribution in [2.75, 3.05) is 43.8 Å². The number of nitrogen functional groups attached to an aromatic ring is 1. The Morgan fingerprint density at radius 1 is 0.970 bits per heavy atom. The zero-order valence-electron chi connectivity index (χ0n) is 19.4. The van der Waals surface area contributed by atoms with E-state index >= 15 is 0 Å². The van der Waals surface area contributed by atoms with E-state index < -0.39 is 0 Å². The van der Waals surface area contributed by atoms with Crippen LogP contribution in [0.25, 0.3) is 5.82 Å². The summed E-state index contributed by atoms with van der Waals surface area (Å²) in [5, 5.41) is 7.71. The van der Waals surface area contributed by atoms with E-state index in [2.05, 4.69) is 61.4 Å². The van der Waals surface area contributed by atoms with Crippen LogP contribution in [0.3, 0.4) is 0 Å². The highest BCUT2D eigenvalue weighted by atomic mass is 15.4. The van der Waals surface area contributed by atoms with Crippen molar-refractivity contribution in [1.82, 2.24) is 29.5 Å². The first-order chi connectivity index (χ1) is 16.2. The number of likely N-dealkylation sites (N-methyl/N-ethyl adjacent to an activating group) is 1. The van der Waals surface area contributed by atoms with E-state index in [1.165, 1.54) is 68.7 Å². The normalized spacial score (nSPS) is 22.3. The number of nitrogens with two attached hydrogens (primary N) is 1. The molecule has 0 unspecified atom stereocenters. The molecule has 0 spiro atoms. The van der Waals surface area contributed by atoms with Gasteiger partial charge in [-0.2, -0.15) is 9.67 Å². The van der Waals surface area contributed by atoms with Gasteiger partial charge in [-0.25, -0.2) is 4.98 Å². The van der Waals surface area contributed by atoms with Crippen molar-refractivity contribution in [1.29, 1.82) is 0 Å². The van der Waals surface area contributed by atoms with Crippen molar-refractivity contribution in [3.05, 3.63) is 54.2 Å². The molecule has 0 atom stereocenters. The highest BCUT2D eigenvalue weighted by Crippen LogP contribution is 2.35. The molecule has 1 saturated heterocycles. The molecule has 2 aromatic heterocycles. The number of benzene rings is 1. The fourth-order valence-corrected chi connectivity index (χ4v) is 5.21. The maximum Gasteiger partial charge on any atom is 0.248 e. The summed E-state index contributed by atoms with van der Waals surface area (Å²) in [5.41, 5.74) is 8.42. The standard InChI is InChI=1S/C25H34N8/c1-2-31-15-17-32(18-16-31)22-12-8-20(9-13-22)19-6-10-21(11-7-19)28-25-29-24(26)33(30-25)23-5-3-4-14-27-23/h3-7,10-11,14,20,22H,2,8-9,12-13,15-18H2,1H3,(H3,26,28,29,30)/t20-,22+. The van der Waals surface area contributed by atoms with E-state index in [0.717, 1.165) is 11.7 Å². The Balaban J connectivity index is 1.16. The van der Waals surface area contributed by atoms with Gasteiger partial charge in [-0.3, -0.25) is 4.90 Å². The van der Waals surface area contributed by atoms with E-state index in [0.29, 0.717) is 23.6 Å². The number of nitrogens with zero attached hydrogens (tertiary/aromatic N) is 6. The zero-order chi connectivity index (χ0) is 22.6. The number of anilines is 3. The highest BCUT2D eigenvalue weighted by molar-refractivity contribution is 5.55. The van der Waals surface area contributed by atoms with Crippen LogP contribution in [0.15, 0.2) is 48.7 Å². The predicted octanol–water partition coefficient (Wildman–Crippen LogP) is 3.65. The molecule has 33 heavy (non-hydrogen) atoms. The maximum atomic E-state index is 6.03. The average Bonchev–Trinajstić information content (AvgIpc) is 3.25. The lowest BCUT2D eigenvalue weighted by atomic mass is 9.81. The van der Waals surface area contributed by atoms with Crippen molar-refractivity contribution in [2.45, 2.75) is 44.6 Å². The molecular formula is C25H34N8. The second-order valence-electron chi connectivity index (χ2n) is 9.12. The van der Waals surface area contributed by atoms with E-state index in [-0.39, 0.29) is 0 Å². The van der Waals surface area contributed by atoms with Crippen molar-refractivity contribution in [3.8, 4) is 5.82 Å². The smallest absolute Gasteiger partial charge is 0.248 e. The van der Waals surface area contributed by atoms with Crippen molar-refractivity contribution in [3.63, 3.8) is 0 Å². The Morgan fingerprint density at radius 3 is 2.39 bits per heavy atom. The second kappa shape index (κ2) is 9.89. The van der Waals surface area contributed by atoms with Gasteiger partial charge < -0.3 is 16.0 Å². The third kappa shape index (κ3) is 5.02. The number of rotatable bonds is 6. The Morgan fingerprint density at radius 2 is 1.73 bits per heavy atom. The highest BCUT2D eigenvalue weighted by Gasteiger charge is 2.28. The number of piperazine rings is 1. The summed E-state index contributed by atoms with van der Waals surface area (Å²) in [7, 11) is 0. The number of pyridine rings is 1. The van der Waals surface area contributed by atoms with Gasteiger partial charge in [0.2, 0.25) is 11.9 Å². The van der Waals surface area contributed by atoms with Gasteiger partial charge in [0.25, 0.3) is 0 Å². The Kier molecular flexibility index (Phi) is 6.55. The van der Waals surface area contributed by atoms with Gasteiger partial charge in [0, 0.05) is 44.1 Å². The molecule has 1 saturated carbocycles. The van der Waals surface area contributed by atoms with Crippen molar-refractivity contribution < 1.29 is 0 Å². The largest absolute Gasteiger partial charge is 0.368 e. The van der Waals surface area contributed by atoms with Crippen LogP contribution in [0.4, 0.5) is 17.6 Å². The summed E-state index contributed by atoms with van der Waals surface area (Å²) >= 11 is 0. The summed E-state index contributed by atoms with van der Waals surface area (Å²) < 4.78 is 1.54. The summed E-state index contributed by atoms with van der Waals surface area (Å²) in [6.45, 7) is 8.37. The minimum Gasteiger partial charge on any atom is -0.368 e. The van der Waals surface area contributed by atoms with Gasteiger partial charge in [0.05, 0.1) is 0 Å².